The summed E-state index contributed by atoms with van der Waals surface area (Å²) in [6.45, 7) is 0. The lowest BCUT2D eigenvalue weighted by Crippen LogP contribution is -2.17. The van der Waals surface area contributed by atoms with E-state index >= 15 is 0 Å². The average molecular weight is 320 g/mol. The predicted octanol–water partition coefficient (Wildman–Crippen LogP) is 5.16. The third-order valence-electron chi connectivity index (χ3n) is 2.76. The Morgan fingerprint density at radius 3 is 1.68 bits per heavy atom. The van der Waals surface area contributed by atoms with Crippen molar-refractivity contribution in [1.29, 1.82) is 0 Å². The molecule has 0 radical (unpaired) electrons. The third kappa shape index (κ3) is 3.84. The Morgan fingerprint density at radius 2 is 1.14 bits per heavy atom. The van der Waals surface area contributed by atoms with Crippen LogP contribution in [-0.4, -0.2) is 0 Å². The maximum absolute atomic E-state index is 12.8. The van der Waals surface area contributed by atoms with E-state index in [0.29, 0.717) is 17.8 Å². The van der Waals surface area contributed by atoms with Gasteiger partial charge in [0.15, 0.2) is 0 Å². The molecule has 118 valence electrons. The van der Waals surface area contributed by atoms with Crippen LogP contribution in [0.3, 0.4) is 0 Å². The highest BCUT2D eigenvalue weighted by Gasteiger charge is 2.43. The second-order valence-corrected chi connectivity index (χ2v) is 4.37. The van der Waals surface area contributed by atoms with E-state index in [2.05, 4.69) is 10.9 Å². The standard InChI is InChI=1S/C14H10F6N2/c15-13(16,17)11-7-6-10(8-12(11)14(18,19)20)22-21-9-4-2-1-3-5-9/h1-8,21-22H. The minimum Gasteiger partial charge on any atom is -0.301 e. The van der Waals surface area contributed by atoms with Crippen molar-refractivity contribution < 1.29 is 26.3 Å². The highest BCUT2D eigenvalue weighted by molar-refractivity contribution is 5.55. The molecule has 0 spiro atoms. The summed E-state index contributed by atoms with van der Waals surface area (Å²) in [4.78, 5) is 0. The van der Waals surface area contributed by atoms with E-state index < -0.39 is 23.5 Å². The van der Waals surface area contributed by atoms with Crippen molar-refractivity contribution in [3.63, 3.8) is 0 Å². The molecule has 0 saturated carbocycles. The van der Waals surface area contributed by atoms with E-state index in [1.807, 2.05) is 0 Å². The number of benzene rings is 2. The van der Waals surface area contributed by atoms with E-state index in [-0.39, 0.29) is 5.69 Å². The molecular formula is C14H10F6N2. The molecule has 0 bridgehead atoms. The summed E-state index contributed by atoms with van der Waals surface area (Å²) in [5.41, 5.74) is 2.00. The van der Waals surface area contributed by atoms with Crippen LogP contribution in [-0.2, 0) is 12.4 Å². The highest BCUT2D eigenvalue weighted by atomic mass is 19.4. The van der Waals surface area contributed by atoms with E-state index in [4.69, 9.17) is 0 Å². The van der Waals surface area contributed by atoms with Gasteiger partial charge in [0.05, 0.1) is 22.5 Å². The number of alkyl halides is 6. The fraction of sp³-hybridized carbons (Fsp3) is 0.143. The van der Waals surface area contributed by atoms with Crippen molar-refractivity contribution in [3.8, 4) is 0 Å². The quantitative estimate of drug-likeness (QED) is 0.603. The lowest BCUT2D eigenvalue weighted by atomic mass is 10.1. The number of rotatable bonds is 3. The molecule has 22 heavy (non-hydrogen) atoms. The first-order valence-electron chi connectivity index (χ1n) is 6.03. The van der Waals surface area contributed by atoms with Crippen molar-refractivity contribution in [2.45, 2.75) is 12.4 Å². The molecular weight excluding hydrogens is 310 g/mol. The van der Waals surface area contributed by atoms with Gasteiger partial charge >= 0.3 is 12.4 Å². The van der Waals surface area contributed by atoms with Crippen molar-refractivity contribution >= 4 is 11.4 Å². The van der Waals surface area contributed by atoms with Gasteiger partial charge in [-0.25, -0.2) is 0 Å². The molecule has 0 aromatic heterocycles. The second-order valence-electron chi connectivity index (χ2n) is 4.37. The third-order valence-corrected chi connectivity index (χ3v) is 2.76. The van der Waals surface area contributed by atoms with Crippen LogP contribution < -0.4 is 10.9 Å². The van der Waals surface area contributed by atoms with Crippen LogP contribution in [0.4, 0.5) is 37.7 Å². The van der Waals surface area contributed by atoms with Crippen molar-refractivity contribution in [1.82, 2.24) is 0 Å². The largest absolute Gasteiger partial charge is 0.417 e. The van der Waals surface area contributed by atoms with Gasteiger partial charge in [-0.05, 0) is 30.3 Å². The zero-order valence-corrected chi connectivity index (χ0v) is 10.9. The first-order chi connectivity index (χ1) is 10.2. The minimum atomic E-state index is -5.10. The van der Waals surface area contributed by atoms with Gasteiger partial charge in [-0.15, -0.1) is 0 Å². The predicted molar refractivity (Wildman–Crippen MR) is 70.1 cm³/mol. The maximum Gasteiger partial charge on any atom is 0.417 e. The highest BCUT2D eigenvalue weighted by Crippen LogP contribution is 2.41. The Labute approximate surface area is 121 Å². The molecule has 0 saturated heterocycles. The fourth-order valence-corrected chi connectivity index (χ4v) is 1.77. The monoisotopic (exact) mass is 320 g/mol. The topological polar surface area (TPSA) is 24.1 Å². The lowest BCUT2D eigenvalue weighted by Gasteiger charge is -2.17. The van der Waals surface area contributed by atoms with Crippen molar-refractivity contribution in [3.05, 3.63) is 59.7 Å². The van der Waals surface area contributed by atoms with E-state index in [0.717, 1.165) is 6.07 Å². The Balaban J connectivity index is 2.27. The van der Waals surface area contributed by atoms with Crippen LogP contribution >= 0.6 is 0 Å². The summed E-state index contributed by atoms with van der Waals surface area (Å²) in [6.07, 6.45) is -10.2. The fourth-order valence-electron chi connectivity index (χ4n) is 1.77. The molecule has 0 unspecified atom stereocenters. The molecule has 0 atom stereocenters. The molecule has 0 aliphatic carbocycles. The van der Waals surface area contributed by atoms with E-state index in [1.165, 1.54) is 0 Å². The molecule has 0 amide bonds. The number of anilines is 2. The van der Waals surface area contributed by atoms with Crippen molar-refractivity contribution in [2.75, 3.05) is 10.9 Å². The molecule has 2 rings (SSSR count). The number of halogens is 6. The van der Waals surface area contributed by atoms with Crippen LogP contribution in [0.2, 0.25) is 0 Å². The molecule has 2 aromatic carbocycles. The number of nitrogens with one attached hydrogen (secondary N) is 2. The Bertz CT molecular complexity index is 634. The SMILES string of the molecule is FC(F)(F)c1ccc(NNc2ccccc2)cc1C(F)(F)F. The van der Waals surface area contributed by atoms with E-state index in [9.17, 15) is 26.3 Å². The van der Waals surface area contributed by atoms with Gasteiger partial charge in [-0.3, -0.25) is 0 Å². The molecule has 0 fully saturated rings. The Kier molecular flexibility index (Phi) is 4.20. The molecule has 0 aliphatic heterocycles. The summed E-state index contributed by atoms with van der Waals surface area (Å²) in [5, 5.41) is 0. The first-order valence-corrected chi connectivity index (χ1v) is 6.03. The Hall–Kier alpha value is -2.38. The van der Waals surface area contributed by atoms with Gasteiger partial charge in [0.25, 0.3) is 0 Å². The van der Waals surface area contributed by atoms with Gasteiger partial charge in [0, 0.05) is 0 Å². The average Bonchev–Trinajstić information content (AvgIpc) is 2.44. The van der Waals surface area contributed by atoms with Crippen LogP contribution in [0.1, 0.15) is 11.1 Å². The van der Waals surface area contributed by atoms with Crippen molar-refractivity contribution in [2.24, 2.45) is 0 Å². The zero-order valence-electron chi connectivity index (χ0n) is 10.9. The summed E-state index contributed by atoms with van der Waals surface area (Å²) in [7, 11) is 0. The summed E-state index contributed by atoms with van der Waals surface area (Å²) in [6, 6.07) is 10.1. The molecule has 0 heterocycles. The second kappa shape index (κ2) is 5.78. The summed E-state index contributed by atoms with van der Waals surface area (Å²) < 4.78 is 76.2. The number of hydrazine groups is 1. The summed E-state index contributed by atoms with van der Waals surface area (Å²) in [5.74, 6) is 0. The van der Waals surface area contributed by atoms with E-state index in [1.54, 1.807) is 30.3 Å². The van der Waals surface area contributed by atoms with Gasteiger partial charge in [0.2, 0.25) is 0 Å². The normalized spacial score (nSPS) is 12.1. The van der Waals surface area contributed by atoms with Crippen LogP contribution in [0.15, 0.2) is 48.5 Å². The lowest BCUT2D eigenvalue weighted by molar-refractivity contribution is -0.162. The van der Waals surface area contributed by atoms with Gasteiger partial charge in [-0.2, -0.15) is 26.3 Å². The van der Waals surface area contributed by atoms with Crippen LogP contribution in [0.5, 0.6) is 0 Å². The molecule has 8 heteroatoms. The minimum absolute atomic E-state index is 0.135. The summed E-state index contributed by atoms with van der Waals surface area (Å²) >= 11 is 0. The molecule has 0 aliphatic rings. The first kappa shape index (κ1) is 16.0. The van der Waals surface area contributed by atoms with Gasteiger partial charge in [-0.1, -0.05) is 18.2 Å². The van der Waals surface area contributed by atoms with Gasteiger partial charge in [0.1, 0.15) is 0 Å². The van der Waals surface area contributed by atoms with Crippen LogP contribution in [0, 0.1) is 0 Å². The van der Waals surface area contributed by atoms with Crippen LogP contribution in [0.25, 0.3) is 0 Å². The zero-order chi connectivity index (χ0) is 16.4. The molecule has 2 aromatic rings. The number of hydrogen-bond donors (Lipinski definition) is 2. The number of hydrogen-bond acceptors (Lipinski definition) is 2. The van der Waals surface area contributed by atoms with Gasteiger partial charge < -0.3 is 10.9 Å². The molecule has 2 nitrogen and oxygen atoms in total. The number of para-hydroxylation sites is 1. The Morgan fingerprint density at radius 1 is 0.591 bits per heavy atom. The molecule has 2 N–H and O–H groups in total. The maximum atomic E-state index is 12.8. The smallest absolute Gasteiger partial charge is 0.301 e.